The van der Waals surface area contributed by atoms with Gasteiger partial charge < -0.3 is 9.80 Å². The minimum Gasteiger partial charge on any atom is -0.335 e. The highest BCUT2D eigenvalue weighted by Crippen LogP contribution is 2.24. The number of likely N-dealkylation sites (N-methyl/N-ethyl adjacent to an activating group) is 1. The maximum Gasteiger partial charge on any atom is 0.255 e. The maximum atomic E-state index is 12.7. The quantitative estimate of drug-likeness (QED) is 0.735. The van der Waals surface area contributed by atoms with Gasteiger partial charge in [0.05, 0.1) is 5.56 Å². The van der Waals surface area contributed by atoms with Crippen molar-refractivity contribution in [1.82, 2.24) is 9.80 Å². The van der Waals surface area contributed by atoms with E-state index in [0.29, 0.717) is 0 Å². The van der Waals surface area contributed by atoms with Crippen molar-refractivity contribution in [3.8, 4) is 0 Å². The summed E-state index contributed by atoms with van der Waals surface area (Å²) in [5.41, 5.74) is 0.736. The van der Waals surface area contributed by atoms with Crippen molar-refractivity contribution in [3.63, 3.8) is 0 Å². The summed E-state index contributed by atoms with van der Waals surface area (Å²) in [5, 5.41) is 0. The van der Waals surface area contributed by atoms with Crippen LogP contribution in [0, 0.1) is 0 Å². The first-order chi connectivity index (χ1) is 8.99. The average Bonchev–Trinajstić information content (AvgIpc) is 2.49. The molecule has 1 saturated heterocycles. The normalized spacial score (nSPS) is 21.3. The first kappa shape index (κ1) is 15.0. The van der Waals surface area contributed by atoms with Crippen molar-refractivity contribution in [1.29, 1.82) is 0 Å². The third kappa shape index (κ3) is 3.58. The summed E-state index contributed by atoms with van der Waals surface area (Å²) < 4.78 is 1.82. The Hall–Kier alpha value is -0.390. The van der Waals surface area contributed by atoms with Crippen LogP contribution in [0.5, 0.6) is 0 Å². The van der Waals surface area contributed by atoms with Crippen LogP contribution in [-0.2, 0) is 0 Å². The van der Waals surface area contributed by atoms with E-state index in [9.17, 15) is 4.79 Å². The average molecular weight is 390 g/mol. The molecule has 1 fully saturated rings. The molecule has 1 aromatic carbocycles. The van der Waals surface area contributed by atoms with Crippen LogP contribution in [0.3, 0.4) is 0 Å². The molecular weight excluding hydrogens is 372 g/mol. The molecule has 1 heterocycles. The van der Waals surface area contributed by atoms with Crippen LogP contribution >= 0.6 is 31.9 Å². The second kappa shape index (κ2) is 6.37. The second-order valence-electron chi connectivity index (χ2n) is 5.09. The van der Waals surface area contributed by atoms with Gasteiger partial charge in [0.2, 0.25) is 0 Å². The van der Waals surface area contributed by atoms with Gasteiger partial charge in [0.1, 0.15) is 0 Å². The fraction of sp³-hybridized carbons (Fsp3) is 0.500. The zero-order valence-electron chi connectivity index (χ0n) is 11.2. The van der Waals surface area contributed by atoms with Crippen LogP contribution in [0.1, 0.15) is 23.7 Å². The molecule has 1 amide bonds. The number of carbonyl (C=O) groups is 1. The fourth-order valence-electron chi connectivity index (χ4n) is 2.49. The van der Waals surface area contributed by atoms with Gasteiger partial charge in [0, 0.05) is 28.1 Å². The van der Waals surface area contributed by atoms with Gasteiger partial charge in [0.15, 0.2) is 0 Å². The molecule has 19 heavy (non-hydrogen) atoms. The minimum absolute atomic E-state index is 0.113. The molecular formula is C14H18Br2N2O. The van der Waals surface area contributed by atoms with Crippen molar-refractivity contribution < 1.29 is 4.79 Å². The lowest BCUT2D eigenvalue weighted by atomic mass is 10.1. The molecule has 0 saturated carbocycles. The van der Waals surface area contributed by atoms with E-state index in [2.05, 4.69) is 50.7 Å². The van der Waals surface area contributed by atoms with Crippen molar-refractivity contribution >= 4 is 37.8 Å². The molecule has 1 unspecified atom stereocenters. The van der Waals surface area contributed by atoms with E-state index in [4.69, 9.17) is 0 Å². The Balaban J connectivity index is 2.22. The summed E-state index contributed by atoms with van der Waals surface area (Å²) in [6, 6.07) is 5.95. The van der Waals surface area contributed by atoms with Gasteiger partial charge in [-0.3, -0.25) is 4.79 Å². The van der Waals surface area contributed by atoms with Crippen LogP contribution < -0.4 is 0 Å². The van der Waals surface area contributed by atoms with Crippen LogP contribution in [0.25, 0.3) is 0 Å². The zero-order valence-corrected chi connectivity index (χ0v) is 14.4. The van der Waals surface area contributed by atoms with Crippen molar-refractivity contribution in [2.24, 2.45) is 0 Å². The van der Waals surface area contributed by atoms with Crippen molar-refractivity contribution in [3.05, 3.63) is 32.7 Å². The number of benzene rings is 1. The van der Waals surface area contributed by atoms with Gasteiger partial charge in [-0.1, -0.05) is 15.9 Å². The summed E-state index contributed by atoms with van der Waals surface area (Å²) in [7, 11) is 2.11. The molecule has 5 heteroatoms. The Kier molecular flexibility index (Phi) is 5.03. The Labute approximate surface area is 131 Å². The summed E-state index contributed by atoms with van der Waals surface area (Å²) in [5.74, 6) is 0.113. The highest BCUT2D eigenvalue weighted by atomic mass is 79.9. The van der Waals surface area contributed by atoms with Gasteiger partial charge >= 0.3 is 0 Å². The lowest BCUT2D eigenvalue weighted by Crippen LogP contribution is -2.42. The largest absolute Gasteiger partial charge is 0.335 e. The summed E-state index contributed by atoms with van der Waals surface area (Å²) in [6.45, 7) is 4.93. The van der Waals surface area contributed by atoms with Gasteiger partial charge in [-0.2, -0.15) is 0 Å². The van der Waals surface area contributed by atoms with Crippen LogP contribution in [0.2, 0.25) is 0 Å². The topological polar surface area (TPSA) is 23.6 Å². The zero-order chi connectivity index (χ0) is 14.0. The molecule has 104 valence electrons. The number of halogens is 2. The molecule has 0 N–H and O–H groups in total. The highest BCUT2D eigenvalue weighted by Gasteiger charge is 2.25. The fourth-order valence-corrected chi connectivity index (χ4v) is 3.71. The minimum atomic E-state index is 0.113. The summed E-state index contributed by atoms with van der Waals surface area (Å²) >= 11 is 6.89. The molecule has 1 atom stereocenters. The Morgan fingerprint density at radius 1 is 1.32 bits per heavy atom. The van der Waals surface area contributed by atoms with Gasteiger partial charge in [-0.15, -0.1) is 0 Å². The monoisotopic (exact) mass is 388 g/mol. The van der Waals surface area contributed by atoms with Crippen LogP contribution in [0.15, 0.2) is 27.1 Å². The van der Waals surface area contributed by atoms with Crippen LogP contribution in [0.4, 0.5) is 0 Å². The smallest absolute Gasteiger partial charge is 0.255 e. The number of amides is 1. The van der Waals surface area contributed by atoms with E-state index in [1.54, 1.807) is 0 Å². The molecule has 1 aromatic rings. The Bertz CT molecular complexity index is 479. The lowest BCUT2D eigenvalue weighted by molar-refractivity contribution is 0.0695. The molecule has 1 aliphatic rings. The van der Waals surface area contributed by atoms with E-state index >= 15 is 0 Å². The number of nitrogens with zero attached hydrogens (tertiary/aromatic N) is 2. The first-order valence-electron chi connectivity index (χ1n) is 6.43. The maximum absolute atomic E-state index is 12.7. The Morgan fingerprint density at radius 2 is 2.05 bits per heavy atom. The molecule has 1 aliphatic heterocycles. The standard InChI is InChI=1S/C14H18Br2N2O/c1-10-9-17(2)6-3-7-18(10)14(19)12-5-4-11(15)8-13(12)16/h4-5,8,10H,3,6-7,9H2,1-2H3. The second-order valence-corrected chi connectivity index (χ2v) is 6.86. The molecule has 0 aromatic heterocycles. The van der Waals surface area contributed by atoms with E-state index in [-0.39, 0.29) is 11.9 Å². The van der Waals surface area contributed by atoms with E-state index in [1.807, 2.05) is 23.1 Å². The molecule has 2 rings (SSSR count). The molecule has 3 nitrogen and oxygen atoms in total. The number of rotatable bonds is 1. The number of hydrogen-bond acceptors (Lipinski definition) is 2. The predicted molar refractivity (Wildman–Crippen MR) is 84.5 cm³/mol. The number of carbonyl (C=O) groups excluding carboxylic acids is 1. The van der Waals surface area contributed by atoms with Gasteiger partial charge in [-0.25, -0.2) is 0 Å². The summed E-state index contributed by atoms with van der Waals surface area (Å²) in [6.07, 6.45) is 1.03. The molecule has 0 bridgehead atoms. The third-order valence-corrected chi connectivity index (χ3v) is 4.62. The van der Waals surface area contributed by atoms with Gasteiger partial charge in [-0.05, 0) is 61.1 Å². The Morgan fingerprint density at radius 3 is 2.74 bits per heavy atom. The third-order valence-electron chi connectivity index (χ3n) is 3.47. The number of hydrogen-bond donors (Lipinski definition) is 0. The van der Waals surface area contributed by atoms with E-state index in [1.165, 1.54) is 0 Å². The van der Waals surface area contributed by atoms with Crippen molar-refractivity contribution in [2.45, 2.75) is 19.4 Å². The van der Waals surface area contributed by atoms with Gasteiger partial charge in [0.25, 0.3) is 5.91 Å². The lowest BCUT2D eigenvalue weighted by Gasteiger charge is -2.28. The highest BCUT2D eigenvalue weighted by molar-refractivity contribution is 9.11. The first-order valence-corrected chi connectivity index (χ1v) is 8.02. The van der Waals surface area contributed by atoms with E-state index in [0.717, 1.165) is 40.6 Å². The SMILES string of the molecule is CC1CN(C)CCCN1C(=O)c1ccc(Br)cc1Br. The summed E-state index contributed by atoms with van der Waals surface area (Å²) in [4.78, 5) is 16.9. The van der Waals surface area contributed by atoms with Crippen LogP contribution in [-0.4, -0.2) is 48.4 Å². The molecule has 0 radical (unpaired) electrons. The molecule has 0 aliphatic carbocycles. The molecule has 0 spiro atoms. The van der Waals surface area contributed by atoms with E-state index < -0.39 is 0 Å². The van der Waals surface area contributed by atoms with Crippen molar-refractivity contribution in [2.75, 3.05) is 26.7 Å². The predicted octanol–water partition coefficient (Wildman–Crippen LogP) is 3.38.